The van der Waals surface area contributed by atoms with Gasteiger partial charge in [0.1, 0.15) is 6.10 Å². The van der Waals surface area contributed by atoms with Gasteiger partial charge in [-0.1, -0.05) is 50.1 Å². The quantitative estimate of drug-likeness (QED) is 0.458. The third-order valence-electron chi connectivity index (χ3n) is 3.53. The standard InChI is InChI=1S/C18H24F2O2/c1-3-4-6-11-16(18(19)20)17(22-14(2)21)13-12-15-9-7-5-8-10-15/h5,7-10,17H,3-4,6,11-13H2,1-2H3. The van der Waals surface area contributed by atoms with Crippen LogP contribution in [0.5, 0.6) is 0 Å². The van der Waals surface area contributed by atoms with Crippen molar-refractivity contribution >= 4 is 5.97 Å². The number of halogens is 2. The van der Waals surface area contributed by atoms with Crippen LogP contribution in [-0.4, -0.2) is 12.1 Å². The molecule has 1 aromatic carbocycles. The Hall–Kier alpha value is -1.71. The van der Waals surface area contributed by atoms with Crippen molar-refractivity contribution in [3.63, 3.8) is 0 Å². The molecule has 0 saturated heterocycles. The molecule has 0 aromatic heterocycles. The van der Waals surface area contributed by atoms with Gasteiger partial charge in [0.2, 0.25) is 0 Å². The van der Waals surface area contributed by atoms with E-state index in [1.54, 1.807) is 0 Å². The summed E-state index contributed by atoms with van der Waals surface area (Å²) in [5.41, 5.74) is 1.02. The molecule has 0 aliphatic heterocycles. The van der Waals surface area contributed by atoms with Crippen molar-refractivity contribution in [2.45, 2.75) is 58.5 Å². The maximum absolute atomic E-state index is 13.2. The first-order valence-electron chi connectivity index (χ1n) is 7.79. The lowest BCUT2D eigenvalue weighted by Crippen LogP contribution is -2.20. The topological polar surface area (TPSA) is 26.3 Å². The summed E-state index contributed by atoms with van der Waals surface area (Å²) < 4.78 is 31.6. The van der Waals surface area contributed by atoms with Crippen molar-refractivity contribution < 1.29 is 18.3 Å². The summed E-state index contributed by atoms with van der Waals surface area (Å²) in [5, 5.41) is 0. The zero-order valence-corrected chi connectivity index (χ0v) is 13.3. The van der Waals surface area contributed by atoms with E-state index in [0.29, 0.717) is 19.3 Å². The molecule has 22 heavy (non-hydrogen) atoms. The summed E-state index contributed by atoms with van der Waals surface area (Å²) in [6.45, 7) is 3.28. The highest BCUT2D eigenvalue weighted by Crippen LogP contribution is 2.25. The number of rotatable bonds is 9. The number of hydrogen-bond acceptors (Lipinski definition) is 2. The molecule has 0 saturated carbocycles. The zero-order valence-electron chi connectivity index (χ0n) is 13.3. The minimum atomic E-state index is -1.71. The van der Waals surface area contributed by atoms with Gasteiger partial charge >= 0.3 is 5.97 Å². The molecule has 1 rings (SSSR count). The van der Waals surface area contributed by atoms with Crippen LogP contribution in [0.3, 0.4) is 0 Å². The Morgan fingerprint density at radius 3 is 2.41 bits per heavy atom. The van der Waals surface area contributed by atoms with Crippen LogP contribution in [0.1, 0.15) is 51.5 Å². The fourth-order valence-electron chi connectivity index (χ4n) is 2.39. The summed E-state index contributed by atoms with van der Waals surface area (Å²) >= 11 is 0. The Labute approximate surface area is 131 Å². The number of esters is 1. The Morgan fingerprint density at radius 1 is 1.18 bits per heavy atom. The molecule has 0 spiro atoms. The smallest absolute Gasteiger partial charge is 0.303 e. The van der Waals surface area contributed by atoms with Crippen LogP contribution in [0.2, 0.25) is 0 Å². The van der Waals surface area contributed by atoms with Gasteiger partial charge in [0.05, 0.1) is 0 Å². The molecule has 0 amide bonds. The number of carbonyl (C=O) groups is 1. The van der Waals surface area contributed by atoms with Crippen molar-refractivity contribution in [1.29, 1.82) is 0 Å². The van der Waals surface area contributed by atoms with Gasteiger partial charge in [-0.3, -0.25) is 4.79 Å². The second-order valence-electron chi connectivity index (χ2n) is 5.37. The first-order chi connectivity index (χ1) is 10.5. The molecular formula is C18H24F2O2. The van der Waals surface area contributed by atoms with Gasteiger partial charge in [0, 0.05) is 12.5 Å². The zero-order chi connectivity index (χ0) is 16.4. The van der Waals surface area contributed by atoms with E-state index >= 15 is 0 Å². The highest BCUT2D eigenvalue weighted by molar-refractivity contribution is 5.66. The third-order valence-corrected chi connectivity index (χ3v) is 3.53. The molecule has 0 N–H and O–H groups in total. The second-order valence-corrected chi connectivity index (χ2v) is 5.37. The van der Waals surface area contributed by atoms with Crippen molar-refractivity contribution in [1.82, 2.24) is 0 Å². The first kappa shape index (κ1) is 18.3. The van der Waals surface area contributed by atoms with Crippen LogP contribution in [0.4, 0.5) is 8.78 Å². The number of ether oxygens (including phenoxy) is 1. The Morgan fingerprint density at radius 2 is 1.86 bits per heavy atom. The van der Waals surface area contributed by atoms with Gasteiger partial charge in [-0.05, 0) is 31.2 Å². The molecule has 1 atom stereocenters. The Bertz CT molecular complexity index is 479. The number of carbonyl (C=O) groups excluding carboxylic acids is 1. The monoisotopic (exact) mass is 310 g/mol. The average molecular weight is 310 g/mol. The van der Waals surface area contributed by atoms with Crippen molar-refractivity contribution in [2.75, 3.05) is 0 Å². The Kier molecular flexibility index (Phi) is 8.41. The predicted molar refractivity (Wildman–Crippen MR) is 83.7 cm³/mol. The molecule has 0 heterocycles. The minimum Gasteiger partial charge on any atom is -0.458 e. The maximum atomic E-state index is 13.2. The summed E-state index contributed by atoms with van der Waals surface area (Å²) in [6.07, 6.45) is 1.25. The van der Waals surface area contributed by atoms with Crippen LogP contribution in [-0.2, 0) is 16.0 Å². The summed E-state index contributed by atoms with van der Waals surface area (Å²) in [5.74, 6) is -0.521. The van der Waals surface area contributed by atoms with E-state index in [1.165, 1.54) is 6.92 Å². The van der Waals surface area contributed by atoms with E-state index in [9.17, 15) is 13.6 Å². The normalized spacial score (nSPS) is 11.8. The van der Waals surface area contributed by atoms with Crippen LogP contribution in [0, 0.1) is 0 Å². The molecule has 0 aliphatic carbocycles. The van der Waals surface area contributed by atoms with Gasteiger partial charge in [-0.25, -0.2) is 0 Å². The number of aryl methyl sites for hydroxylation is 1. The third kappa shape index (κ3) is 6.83. The molecule has 0 aliphatic rings. The molecule has 4 heteroatoms. The average Bonchev–Trinajstić information content (AvgIpc) is 2.48. The highest BCUT2D eigenvalue weighted by atomic mass is 19.3. The van der Waals surface area contributed by atoms with E-state index < -0.39 is 18.2 Å². The molecule has 0 radical (unpaired) electrons. The number of benzene rings is 1. The molecule has 1 unspecified atom stereocenters. The highest BCUT2D eigenvalue weighted by Gasteiger charge is 2.22. The number of unbranched alkanes of at least 4 members (excludes halogenated alkanes) is 2. The molecule has 2 nitrogen and oxygen atoms in total. The van der Waals surface area contributed by atoms with Gasteiger partial charge < -0.3 is 4.74 Å². The van der Waals surface area contributed by atoms with Gasteiger partial charge in [-0.2, -0.15) is 8.78 Å². The lowest BCUT2D eigenvalue weighted by molar-refractivity contribution is -0.145. The molecular weight excluding hydrogens is 286 g/mol. The Balaban J connectivity index is 2.75. The SMILES string of the molecule is CCCCCC(=C(F)F)C(CCc1ccccc1)OC(C)=O. The van der Waals surface area contributed by atoms with E-state index in [-0.39, 0.29) is 12.0 Å². The second kappa shape index (κ2) is 10.1. The summed E-state index contributed by atoms with van der Waals surface area (Å²) in [4.78, 5) is 11.2. The largest absolute Gasteiger partial charge is 0.458 e. The first-order valence-corrected chi connectivity index (χ1v) is 7.79. The maximum Gasteiger partial charge on any atom is 0.303 e. The fraction of sp³-hybridized carbons (Fsp3) is 0.500. The van der Waals surface area contributed by atoms with E-state index in [0.717, 1.165) is 18.4 Å². The van der Waals surface area contributed by atoms with E-state index in [2.05, 4.69) is 0 Å². The summed E-state index contributed by atoms with van der Waals surface area (Å²) in [7, 11) is 0. The minimum absolute atomic E-state index is 0.0282. The lowest BCUT2D eigenvalue weighted by Gasteiger charge is -2.20. The number of hydrogen-bond donors (Lipinski definition) is 0. The van der Waals surface area contributed by atoms with Crippen LogP contribution in [0.25, 0.3) is 0 Å². The van der Waals surface area contributed by atoms with E-state index in [1.807, 2.05) is 37.3 Å². The summed E-state index contributed by atoms with van der Waals surface area (Å²) in [6, 6.07) is 9.60. The van der Waals surface area contributed by atoms with Crippen molar-refractivity contribution in [3.05, 3.63) is 47.5 Å². The van der Waals surface area contributed by atoms with Gasteiger partial charge in [0.25, 0.3) is 6.08 Å². The predicted octanol–water partition coefficient (Wildman–Crippen LogP) is 5.28. The van der Waals surface area contributed by atoms with E-state index in [4.69, 9.17) is 4.74 Å². The van der Waals surface area contributed by atoms with Crippen molar-refractivity contribution in [2.24, 2.45) is 0 Å². The van der Waals surface area contributed by atoms with Gasteiger partial charge in [0.15, 0.2) is 0 Å². The van der Waals surface area contributed by atoms with Gasteiger partial charge in [-0.15, -0.1) is 0 Å². The molecule has 1 aromatic rings. The van der Waals surface area contributed by atoms with Crippen molar-refractivity contribution in [3.8, 4) is 0 Å². The molecule has 122 valence electrons. The fourth-order valence-corrected chi connectivity index (χ4v) is 2.39. The van der Waals surface area contributed by atoms with Crippen LogP contribution < -0.4 is 0 Å². The lowest BCUT2D eigenvalue weighted by atomic mass is 9.97. The van der Waals surface area contributed by atoms with Crippen LogP contribution >= 0.6 is 0 Å². The van der Waals surface area contributed by atoms with Crippen LogP contribution in [0.15, 0.2) is 42.0 Å². The molecule has 0 fully saturated rings. The molecule has 0 bridgehead atoms.